The van der Waals surface area contributed by atoms with Crippen LogP contribution in [0, 0.1) is 6.92 Å². The molecule has 0 radical (unpaired) electrons. The van der Waals surface area contributed by atoms with Crippen LogP contribution in [-0.4, -0.2) is 37.9 Å². The van der Waals surface area contributed by atoms with Gasteiger partial charge in [0.25, 0.3) is 0 Å². The van der Waals surface area contributed by atoms with Gasteiger partial charge in [0.15, 0.2) is 11.0 Å². The minimum Gasteiger partial charge on any atom is -0.340 e. The maximum atomic E-state index is 12.9. The molecule has 0 N–H and O–H groups in total. The average molecular weight is 409 g/mol. The highest BCUT2D eigenvalue weighted by Gasteiger charge is 2.23. The van der Waals surface area contributed by atoms with Gasteiger partial charge in [-0.05, 0) is 31.9 Å². The number of carbonyl (C=O) groups excluding carboxylic acids is 1. The Hall–Kier alpha value is -2.60. The molecule has 0 saturated carbocycles. The van der Waals surface area contributed by atoms with Crippen LogP contribution >= 0.6 is 11.8 Å². The second-order valence-corrected chi connectivity index (χ2v) is 8.58. The van der Waals surface area contributed by atoms with Gasteiger partial charge in [-0.2, -0.15) is 0 Å². The average Bonchev–Trinajstić information content (AvgIpc) is 3.10. The molecule has 1 heterocycles. The second-order valence-electron chi connectivity index (χ2n) is 7.27. The monoisotopic (exact) mass is 408 g/mol. The molecule has 0 bridgehead atoms. The van der Waals surface area contributed by atoms with E-state index in [9.17, 15) is 4.79 Å². The molecule has 1 unspecified atom stereocenters. The number of nitrogens with zero attached hydrogens (tertiary/aromatic N) is 4. The minimum atomic E-state index is -0.242. The van der Waals surface area contributed by atoms with Gasteiger partial charge in [-0.15, -0.1) is 10.2 Å². The van der Waals surface area contributed by atoms with Crippen molar-refractivity contribution in [3.05, 3.63) is 65.7 Å². The first-order valence-corrected chi connectivity index (χ1v) is 10.8. The van der Waals surface area contributed by atoms with Gasteiger partial charge in [-0.25, -0.2) is 0 Å². The van der Waals surface area contributed by atoms with Crippen LogP contribution in [0.5, 0.6) is 0 Å². The summed E-state index contributed by atoms with van der Waals surface area (Å²) in [6.45, 7) is 7.56. The van der Waals surface area contributed by atoms with Gasteiger partial charge in [0, 0.05) is 25.7 Å². The molecule has 1 amide bonds. The van der Waals surface area contributed by atoms with Crippen LogP contribution < -0.4 is 0 Å². The predicted molar refractivity (Wildman–Crippen MR) is 119 cm³/mol. The summed E-state index contributed by atoms with van der Waals surface area (Å²) >= 11 is 1.47. The summed E-state index contributed by atoms with van der Waals surface area (Å²) in [5.41, 5.74) is 3.36. The van der Waals surface area contributed by atoms with Crippen LogP contribution in [0.2, 0.25) is 0 Å². The highest BCUT2D eigenvalue weighted by Crippen LogP contribution is 2.28. The van der Waals surface area contributed by atoms with Gasteiger partial charge in [-0.3, -0.25) is 4.79 Å². The standard InChI is InChI=1S/C23H28N4OS/c1-5-14-27-21(20-13-9-10-17(2)15-20)24-25-23(27)29-18(3)22(28)26(4)16-19-11-7-6-8-12-19/h6-13,15,18H,5,14,16H2,1-4H3. The highest BCUT2D eigenvalue weighted by atomic mass is 32.2. The first-order valence-electron chi connectivity index (χ1n) is 9.95. The van der Waals surface area contributed by atoms with E-state index in [0.29, 0.717) is 6.54 Å². The maximum absolute atomic E-state index is 12.9. The molecule has 0 aliphatic carbocycles. The number of hydrogen-bond acceptors (Lipinski definition) is 4. The highest BCUT2D eigenvalue weighted by molar-refractivity contribution is 8.00. The van der Waals surface area contributed by atoms with Crippen molar-refractivity contribution >= 4 is 17.7 Å². The quantitative estimate of drug-likeness (QED) is 0.502. The molecule has 3 aromatic rings. The molecular weight excluding hydrogens is 380 g/mol. The maximum Gasteiger partial charge on any atom is 0.235 e. The molecule has 0 spiro atoms. The van der Waals surface area contributed by atoms with Crippen molar-refractivity contribution in [2.45, 2.75) is 50.7 Å². The molecule has 1 aromatic heterocycles. The van der Waals surface area contributed by atoms with Crippen molar-refractivity contribution in [3.8, 4) is 11.4 Å². The summed E-state index contributed by atoms with van der Waals surface area (Å²) < 4.78 is 2.13. The summed E-state index contributed by atoms with van der Waals surface area (Å²) in [7, 11) is 1.85. The molecule has 2 aromatic carbocycles. The van der Waals surface area contributed by atoms with E-state index in [1.54, 1.807) is 4.90 Å². The molecule has 0 aliphatic heterocycles. The molecule has 0 aliphatic rings. The van der Waals surface area contributed by atoms with Gasteiger partial charge in [0.05, 0.1) is 5.25 Å². The number of rotatable bonds is 8. The summed E-state index contributed by atoms with van der Waals surface area (Å²) in [4.78, 5) is 14.7. The molecule has 5 nitrogen and oxygen atoms in total. The Morgan fingerprint density at radius 1 is 1.14 bits per heavy atom. The van der Waals surface area contributed by atoms with Gasteiger partial charge < -0.3 is 9.47 Å². The third kappa shape index (κ3) is 5.26. The van der Waals surface area contributed by atoms with Gasteiger partial charge in [0.1, 0.15) is 0 Å². The van der Waals surface area contributed by atoms with E-state index in [2.05, 4.69) is 46.8 Å². The Morgan fingerprint density at radius 2 is 1.90 bits per heavy atom. The van der Waals surface area contributed by atoms with E-state index >= 15 is 0 Å². The van der Waals surface area contributed by atoms with Crippen molar-refractivity contribution in [3.63, 3.8) is 0 Å². The van der Waals surface area contributed by atoms with E-state index < -0.39 is 0 Å². The van der Waals surface area contributed by atoms with Crippen LogP contribution in [0.4, 0.5) is 0 Å². The molecule has 1 atom stereocenters. The molecule has 152 valence electrons. The third-order valence-corrected chi connectivity index (χ3v) is 5.78. The molecule has 29 heavy (non-hydrogen) atoms. The summed E-state index contributed by atoms with van der Waals surface area (Å²) in [6.07, 6.45) is 0.973. The number of hydrogen-bond donors (Lipinski definition) is 0. The number of thioether (sulfide) groups is 1. The normalized spacial score (nSPS) is 12.0. The predicted octanol–water partition coefficient (Wildman–Crippen LogP) is 4.80. The number of amides is 1. The topological polar surface area (TPSA) is 51.0 Å². The number of aryl methyl sites for hydroxylation is 1. The molecule has 0 fully saturated rings. The van der Waals surface area contributed by atoms with Gasteiger partial charge in [-0.1, -0.05) is 72.8 Å². The Labute approximate surface area is 177 Å². The fourth-order valence-corrected chi connectivity index (χ4v) is 4.24. The summed E-state index contributed by atoms with van der Waals surface area (Å²) in [5.74, 6) is 0.942. The van der Waals surface area contributed by atoms with Crippen LogP contribution in [0.25, 0.3) is 11.4 Å². The lowest BCUT2D eigenvalue weighted by Crippen LogP contribution is -2.33. The Bertz CT molecular complexity index is 955. The van der Waals surface area contributed by atoms with E-state index in [1.165, 1.54) is 17.3 Å². The van der Waals surface area contributed by atoms with E-state index in [1.807, 2.05) is 50.4 Å². The fraction of sp³-hybridized carbons (Fsp3) is 0.348. The van der Waals surface area contributed by atoms with Crippen LogP contribution in [-0.2, 0) is 17.9 Å². The Kier molecular flexibility index (Phi) is 7.09. The Morgan fingerprint density at radius 3 is 2.59 bits per heavy atom. The fourth-order valence-electron chi connectivity index (χ4n) is 3.25. The second kappa shape index (κ2) is 9.74. The van der Waals surface area contributed by atoms with Gasteiger partial charge >= 0.3 is 0 Å². The first kappa shape index (κ1) is 21.1. The Balaban J connectivity index is 1.75. The zero-order valence-electron chi connectivity index (χ0n) is 17.5. The lowest BCUT2D eigenvalue weighted by atomic mass is 10.1. The van der Waals surface area contributed by atoms with Gasteiger partial charge in [0.2, 0.25) is 5.91 Å². The minimum absolute atomic E-state index is 0.0852. The summed E-state index contributed by atoms with van der Waals surface area (Å²) in [6, 6.07) is 18.3. The molecular formula is C23H28N4OS. The lowest BCUT2D eigenvalue weighted by molar-refractivity contribution is -0.129. The largest absolute Gasteiger partial charge is 0.340 e. The van der Waals surface area contributed by atoms with Crippen LogP contribution in [0.3, 0.4) is 0 Å². The summed E-state index contributed by atoms with van der Waals surface area (Å²) in [5, 5.41) is 9.40. The van der Waals surface area contributed by atoms with Crippen molar-refractivity contribution in [2.75, 3.05) is 7.05 Å². The number of benzene rings is 2. The van der Waals surface area contributed by atoms with E-state index in [0.717, 1.165) is 35.1 Å². The van der Waals surface area contributed by atoms with Crippen LogP contribution in [0.1, 0.15) is 31.4 Å². The van der Waals surface area contributed by atoms with E-state index in [4.69, 9.17) is 0 Å². The van der Waals surface area contributed by atoms with Crippen molar-refractivity contribution < 1.29 is 4.79 Å². The SMILES string of the molecule is CCCn1c(SC(C)C(=O)N(C)Cc2ccccc2)nnc1-c1cccc(C)c1. The van der Waals surface area contributed by atoms with E-state index in [-0.39, 0.29) is 11.2 Å². The number of aromatic nitrogens is 3. The van der Waals surface area contributed by atoms with Crippen molar-refractivity contribution in [1.82, 2.24) is 19.7 Å². The third-order valence-electron chi connectivity index (χ3n) is 4.71. The molecule has 6 heteroatoms. The molecule has 0 saturated heterocycles. The smallest absolute Gasteiger partial charge is 0.235 e. The van der Waals surface area contributed by atoms with Crippen LogP contribution in [0.15, 0.2) is 59.8 Å². The number of carbonyl (C=O) groups is 1. The zero-order chi connectivity index (χ0) is 20.8. The zero-order valence-corrected chi connectivity index (χ0v) is 18.3. The first-order chi connectivity index (χ1) is 14.0. The van der Waals surface area contributed by atoms with Crippen molar-refractivity contribution in [2.24, 2.45) is 0 Å². The van der Waals surface area contributed by atoms with Crippen molar-refractivity contribution in [1.29, 1.82) is 0 Å². The molecule has 3 rings (SSSR count). The lowest BCUT2D eigenvalue weighted by Gasteiger charge is -2.21.